The summed E-state index contributed by atoms with van der Waals surface area (Å²) in [5, 5.41) is 10.8. The maximum absolute atomic E-state index is 2.95. The van der Waals surface area contributed by atoms with E-state index in [2.05, 4.69) is 426 Å². The Kier molecular flexibility index (Phi) is 18.1. The second-order valence-electron chi connectivity index (χ2n) is 25.2. The summed E-state index contributed by atoms with van der Waals surface area (Å²) in [4.78, 5) is 4.69. The van der Waals surface area contributed by atoms with Crippen LogP contribution in [0.15, 0.2) is 364 Å². The molecular weight excluding hydrogens is 1190 g/mol. The minimum absolute atomic E-state index is 1.09. The molecule has 0 N–H and O–H groups in total. The van der Waals surface area contributed by atoms with Gasteiger partial charge in [0.2, 0.25) is 0 Å². The Bertz CT molecular complexity index is 4740. The van der Waals surface area contributed by atoms with Gasteiger partial charge in [0.15, 0.2) is 16.1 Å². The highest BCUT2D eigenvalue weighted by atomic mass is 28.3. The van der Waals surface area contributed by atoms with Crippen LogP contribution in [-0.2, 0) is 0 Å². The van der Waals surface area contributed by atoms with E-state index in [4.69, 9.17) is 0 Å². The lowest BCUT2D eigenvalue weighted by atomic mass is 9.99. The molecule has 2 nitrogen and oxygen atoms in total. The first-order valence-electron chi connectivity index (χ1n) is 33.3. The number of anilines is 6. The molecule has 0 radical (unpaired) electrons. The largest absolute Gasteiger partial charge is 0.311 e. The second-order valence-corrected chi connectivity index (χ2v) is 32.8. The maximum atomic E-state index is 2.48. The van der Waals surface area contributed by atoms with E-state index in [1.165, 1.54) is 74.9 Å². The number of nitrogens with zero attached hydrogens (tertiary/aromatic N) is 2. The fourth-order valence-electron chi connectivity index (χ4n) is 13.9. The summed E-state index contributed by atoms with van der Waals surface area (Å²) >= 11 is 0. The Balaban J connectivity index is 0.741. The quantitative estimate of drug-likeness (QED) is 0.0452. The van der Waals surface area contributed by atoms with Crippen LogP contribution in [0.3, 0.4) is 0 Å². The zero-order valence-electron chi connectivity index (χ0n) is 54.8. The Hall–Kier alpha value is -11.4. The molecule has 0 unspecified atom stereocenters. The molecule has 0 saturated heterocycles. The number of hydrogen-bond acceptors (Lipinski definition) is 2. The van der Waals surface area contributed by atoms with Crippen molar-refractivity contribution in [1.29, 1.82) is 0 Å². The van der Waals surface area contributed by atoms with Crippen LogP contribution in [0.1, 0.15) is 44.5 Å². The monoisotopic (exact) mass is 1260 g/mol. The molecule has 14 aromatic carbocycles. The molecule has 462 valence electrons. The van der Waals surface area contributed by atoms with Crippen LogP contribution in [0.2, 0.25) is 0 Å². The second kappa shape index (κ2) is 28.0. The third-order valence-electron chi connectivity index (χ3n) is 18.9. The third-order valence-corrected chi connectivity index (χ3v) is 28.5. The molecule has 4 heteroatoms. The minimum Gasteiger partial charge on any atom is -0.311 e. The van der Waals surface area contributed by atoms with Crippen LogP contribution in [0.5, 0.6) is 0 Å². The summed E-state index contributed by atoms with van der Waals surface area (Å²) in [5.41, 5.74) is 18.6. The van der Waals surface area contributed by atoms with Gasteiger partial charge in [-0.25, -0.2) is 0 Å². The Morgan fingerprint density at radius 3 is 0.708 bits per heavy atom. The molecule has 0 bridgehead atoms. The van der Waals surface area contributed by atoms with E-state index >= 15 is 0 Å². The zero-order valence-corrected chi connectivity index (χ0v) is 56.8. The van der Waals surface area contributed by atoms with E-state index in [0.29, 0.717) is 0 Å². The molecule has 0 aliphatic carbocycles. The van der Waals surface area contributed by atoms with Crippen molar-refractivity contribution in [3.63, 3.8) is 0 Å². The van der Waals surface area contributed by atoms with Gasteiger partial charge in [-0.1, -0.05) is 332 Å². The van der Waals surface area contributed by atoms with Gasteiger partial charge in [0.1, 0.15) is 0 Å². The molecular formula is C92H76N2Si2. The Morgan fingerprint density at radius 2 is 0.427 bits per heavy atom. The minimum atomic E-state index is -2.95. The first-order valence-corrected chi connectivity index (χ1v) is 37.3. The lowest BCUT2D eigenvalue weighted by Gasteiger charge is -2.37. The van der Waals surface area contributed by atoms with Crippen molar-refractivity contribution >= 4 is 116 Å². The summed E-state index contributed by atoms with van der Waals surface area (Å²) in [7, 11) is -5.71. The van der Waals surface area contributed by atoms with E-state index in [1.807, 2.05) is 0 Å². The van der Waals surface area contributed by atoms with Gasteiger partial charge in [0.05, 0.1) is 0 Å². The average Bonchev–Trinajstić information content (AvgIpc) is 0.735. The van der Waals surface area contributed by atoms with E-state index in [9.17, 15) is 0 Å². The van der Waals surface area contributed by atoms with E-state index in [-0.39, 0.29) is 0 Å². The van der Waals surface area contributed by atoms with E-state index in [0.717, 1.165) is 56.4 Å². The Labute approximate surface area is 569 Å². The fourth-order valence-corrected chi connectivity index (χ4v) is 23.4. The smallest absolute Gasteiger partial charge is 0.179 e. The van der Waals surface area contributed by atoms with Crippen molar-refractivity contribution in [3.8, 4) is 11.1 Å². The topological polar surface area (TPSA) is 6.48 Å². The molecule has 14 rings (SSSR count). The van der Waals surface area contributed by atoms with Gasteiger partial charge in [-0.2, -0.15) is 0 Å². The van der Waals surface area contributed by atoms with E-state index < -0.39 is 16.1 Å². The molecule has 0 amide bonds. The summed E-state index contributed by atoms with van der Waals surface area (Å²) in [6, 6.07) is 136. The van der Waals surface area contributed by atoms with Crippen LogP contribution in [0, 0.1) is 27.7 Å². The fraction of sp³-hybridized carbons (Fsp3) is 0.0435. The lowest BCUT2D eigenvalue weighted by molar-refractivity contribution is 1.27. The van der Waals surface area contributed by atoms with Crippen molar-refractivity contribution in [2.75, 3.05) is 9.80 Å². The molecule has 0 saturated carbocycles. The standard InChI is InChI=1S/C92H76N2Si2/c1-69-30-51-78(52-31-69)93(79-53-32-70(2)33-54-79)81-58-45-75(46-59-81)43-41-73-37-39-74(40-38-73)42-44-76-47-60-82(61-48-76)94(80-55-34-71(3)35-56-80)83-57-36-72(4)92(68-83)77-49-62-89(63-50-77)96(87-26-16-8-17-27-87,88-28-18-9-19-29-88)91-66-64-90(65-67-91)95(84-20-10-5-11-21-84,85-22-12-6-13-23-85)86-24-14-7-15-25-86/h5-68H,1-4H3. The molecule has 0 heterocycles. The van der Waals surface area contributed by atoms with Crippen molar-refractivity contribution in [2.45, 2.75) is 27.7 Å². The first-order chi connectivity index (χ1) is 47.2. The van der Waals surface area contributed by atoms with Gasteiger partial charge in [0.25, 0.3) is 0 Å². The molecule has 0 fully saturated rings. The van der Waals surface area contributed by atoms with Crippen LogP contribution < -0.4 is 51.3 Å². The summed E-state index contributed by atoms with van der Waals surface area (Å²) in [6.07, 6.45) is 8.77. The number of aryl methyl sites for hydroxylation is 4. The molecule has 96 heavy (non-hydrogen) atoms. The third kappa shape index (κ3) is 12.8. The van der Waals surface area contributed by atoms with Crippen LogP contribution in [0.4, 0.5) is 34.1 Å². The molecule has 0 aromatic heterocycles. The van der Waals surface area contributed by atoms with Gasteiger partial charge >= 0.3 is 0 Å². The molecule has 0 aliphatic heterocycles. The average molecular weight is 1270 g/mol. The van der Waals surface area contributed by atoms with Crippen molar-refractivity contribution in [2.24, 2.45) is 0 Å². The summed E-state index contributed by atoms with van der Waals surface area (Å²) in [6.45, 7) is 8.65. The highest BCUT2D eigenvalue weighted by molar-refractivity contribution is 7.21. The predicted molar refractivity (Wildman–Crippen MR) is 418 cm³/mol. The van der Waals surface area contributed by atoms with Gasteiger partial charge in [0, 0.05) is 34.1 Å². The van der Waals surface area contributed by atoms with Crippen molar-refractivity contribution in [1.82, 2.24) is 0 Å². The van der Waals surface area contributed by atoms with Gasteiger partial charge in [-0.05, 0) is 181 Å². The lowest BCUT2D eigenvalue weighted by Crippen LogP contribution is -2.76. The van der Waals surface area contributed by atoms with Gasteiger partial charge in [-0.15, -0.1) is 0 Å². The maximum Gasteiger partial charge on any atom is 0.179 e. The molecule has 14 aromatic rings. The highest BCUT2D eigenvalue weighted by Gasteiger charge is 2.44. The SMILES string of the molecule is Cc1ccc(N(c2ccc(C)cc2)c2ccc(C=Cc3ccc(C=Cc4ccc(N(c5ccc(C)cc5)c5ccc(C)c(-c6ccc([Si](c7ccccc7)(c7ccccc7)c7ccc([Si](c8ccccc8)(c8ccccc8)c8ccccc8)cc7)cc6)c5)cc4)cc3)cc2)cc1. The number of hydrogen-bond donors (Lipinski definition) is 0. The number of rotatable bonds is 19. The van der Waals surface area contributed by atoms with Crippen molar-refractivity contribution in [3.05, 3.63) is 408 Å². The first kappa shape index (κ1) is 62.1. The summed E-state index contributed by atoms with van der Waals surface area (Å²) < 4.78 is 0. The van der Waals surface area contributed by atoms with Crippen LogP contribution >= 0.6 is 0 Å². The van der Waals surface area contributed by atoms with Crippen LogP contribution in [0.25, 0.3) is 35.4 Å². The molecule has 0 aliphatic rings. The summed E-state index contributed by atoms with van der Waals surface area (Å²) in [5.74, 6) is 0. The van der Waals surface area contributed by atoms with Gasteiger partial charge < -0.3 is 9.80 Å². The molecule has 0 spiro atoms. The van der Waals surface area contributed by atoms with Crippen LogP contribution in [-0.4, -0.2) is 16.1 Å². The normalized spacial score (nSPS) is 11.7. The van der Waals surface area contributed by atoms with Gasteiger partial charge in [-0.3, -0.25) is 0 Å². The Morgan fingerprint density at radius 1 is 0.208 bits per heavy atom. The highest BCUT2D eigenvalue weighted by Crippen LogP contribution is 2.39. The number of benzene rings is 14. The van der Waals surface area contributed by atoms with E-state index in [1.54, 1.807) is 0 Å². The predicted octanol–water partition coefficient (Wildman–Crippen LogP) is 18.6. The molecule has 0 atom stereocenters. The van der Waals surface area contributed by atoms with Crippen molar-refractivity contribution < 1.29 is 0 Å². The zero-order chi connectivity index (χ0) is 65.3.